The fourth-order valence-corrected chi connectivity index (χ4v) is 1.79. The lowest BCUT2D eigenvalue weighted by molar-refractivity contribution is -0.141. The van der Waals surface area contributed by atoms with Crippen molar-refractivity contribution >= 4 is 5.91 Å². The van der Waals surface area contributed by atoms with Gasteiger partial charge in [0.25, 0.3) is 0 Å². The van der Waals surface area contributed by atoms with Crippen LogP contribution in [0, 0.1) is 0 Å². The highest BCUT2D eigenvalue weighted by atomic mass is 19.4. The summed E-state index contributed by atoms with van der Waals surface area (Å²) in [7, 11) is 0. The van der Waals surface area contributed by atoms with Crippen molar-refractivity contribution in [2.24, 2.45) is 0 Å². The maximum Gasteiger partial charge on any atom is 0.405 e. The van der Waals surface area contributed by atoms with Crippen molar-refractivity contribution in [1.82, 2.24) is 5.32 Å². The van der Waals surface area contributed by atoms with E-state index < -0.39 is 24.2 Å². The summed E-state index contributed by atoms with van der Waals surface area (Å²) in [5.74, 6) is -0.758. The molecule has 0 atom stereocenters. The average molecular weight is 255 g/mol. The van der Waals surface area contributed by atoms with Crippen molar-refractivity contribution in [3.63, 3.8) is 0 Å². The maximum absolute atomic E-state index is 11.9. The first-order valence-electron chi connectivity index (χ1n) is 5.78. The summed E-state index contributed by atoms with van der Waals surface area (Å²) in [6.07, 6.45) is -2.49. The molecular weight excluding hydrogens is 235 g/mol. The number of hydrogen-bond donors (Lipinski definition) is 2. The van der Waals surface area contributed by atoms with Gasteiger partial charge in [0.15, 0.2) is 0 Å². The normalized spacial score (nSPS) is 12.6. The molecule has 0 bridgehead atoms. The van der Waals surface area contributed by atoms with Gasteiger partial charge in [-0.25, -0.2) is 0 Å². The predicted octanol–water partition coefficient (Wildman–Crippen LogP) is 2.39. The summed E-state index contributed by atoms with van der Waals surface area (Å²) >= 11 is 0. The van der Waals surface area contributed by atoms with E-state index in [9.17, 15) is 23.1 Å². The molecule has 17 heavy (non-hydrogen) atoms. The minimum Gasteiger partial charge on any atom is -0.389 e. The van der Waals surface area contributed by atoms with Gasteiger partial charge in [-0.2, -0.15) is 13.2 Å². The third-order valence-electron chi connectivity index (χ3n) is 2.41. The molecule has 6 heteroatoms. The Labute approximate surface area is 99.4 Å². The number of amides is 1. The van der Waals surface area contributed by atoms with Crippen LogP contribution >= 0.6 is 0 Å². The van der Waals surface area contributed by atoms with Crippen LogP contribution in [0.4, 0.5) is 13.2 Å². The van der Waals surface area contributed by atoms with E-state index in [0.29, 0.717) is 25.7 Å². The maximum atomic E-state index is 11.9. The molecule has 0 spiro atoms. The third kappa shape index (κ3) is 8.01. The van der Waals surface area contributed by atoms with Crippen LogP contribution < -0.4 is 5.32 Å². The van der Waals surface area contributed by atoms with E-state index >= 15 is 0 Å². The Morgan fingerprint density at radius 3 is 2.00 bits per heavy atom. The molecule has 0 rings (SSSR count). The van der Waals surface area contributed by atoms with E-state index in [1.807, 2.05) is 13.8 Å². The Morgan fingerprint density at radius 2 is 1.65 bits per heavy atom. The first-order chi connectivity index (χ1) is 7.72. The second-order valence-corrected chi connectivity index (χ2v) is 4.29. The molecule has 0 aliphatic carbocycles. The minimum absolute atomic E-state index is 0.273. The van der Waals surface area contributed by atoms with E-state index in [0.717, 1.165) is 0 Å². The summed E-state index contributed by atoms with van der Waals surface area (Å²) in [4.78, 5) is 11.3. The molecule has 0 aromatic heterocycles. The molecule has 3 nitrogen and oxygen atoms in total. The van der Waals surface area contributed by atoms with Gasteiger partial charge in [0.1, 0.15) is 6.54 Å². The lowest BCUT2D eigenvalue weighted by Gasteiger charge is -2.26. The zero-order valence-corrected chi connectivity index (χ0v) is 10.2. The van der Waals surface area contributed by atoms with Crippen LogP contribution in [0.15, 0.2) is 0 Å². The van der Waals surface area contributed by atoms with Gasteiger partial charge >= 0.3 is 6.18 Å². The molecule has 1 amide bonds. The van der Waals surface area contributed by atoms with E-state index in [1.54, 1.807) is 5.32 Å². The second kappa shape index (κ2) is 6.83. The van der Waals surface area contributed by atoms with Gasteiger partial charge in [-0.1, -0.05) is 26.7 Å². The van der Waals surface area contributed by atoms with Crippen molar-refractivity contribution in [3.8, 4) is 0 Å². The molecule has 0 radical (unpaired) electrons. The summed E-state index contributed by atoms with van der Waals surface area (Å²) in [6.45, 7) is 2.36. The van der Waals surface area contributed by atoms with Gasteiger partial charge < -0.3 is 10.4 Å². The van der Waals surface area contributed by atoms with Crippen LogP contribution in [-0.4, -0.2) is 29.3 Å². The summed E-state index contributed by atoms with van der Waals surface area (Å²) < 4.78 is 35.6. The Morgan fingerprint density at radius 1 is 1.18 bits per heavy atom. The SMILES string of the molecule is CCCC(O)(CCC)CC(=O)NCC(F)(F)F. The molecule has 0 heterocycles. The van der Waals surface area contributed by atoms with E-state index in [4.69, 9.17) is 0 Å². The molecule has 0 unspecified atom stereocenters. The topological polar surface area (TPSA) is 49.3 Å². The van der Waals surface area contributed by atoms with Crippen LogP contribution in [-0.2, 0) is 4.79 Å². The van der Waals surface area contributed by atoms with Crippen LogP contribution in [0.2, 0.25) is 0 Å². The number of nitrogens with one attached hydrogen (secondary N) is 1. The lowest BCUT2D eigenvalue weighted by Crippen LogP contribution is -2.40. The number of hydrogen-bond acceptors (Lipinski definition) is 2. The highest BCUT2D eigenvalue weighted by Crippen LogP contribution is 2.23. The molecule has 0 aromatic rings. The summed E-state index contributed by atoms with van der Waals surface area (Å²) in [6, 6.07) is 0. The van der Waals surface area contributed by atoms with Crippen molar-refractivity contribution in [2.75, 3.05) is 6.54 Å². The van der Waals surface area contributed by atoms with Crippen LogP contribution in [0.25, 0.3) is 0 Å². The molecular formula is C11H20F3NO2. The highest BCUT2D eigenvalue weighted by molar-refractivity contribution is 5.77. The standard InChI is InChI=1S/C11H20F3NO2/c1-3-5-10(17,6-4-2)7-9(16)15-8-11(12,13)14/h17H,3-8H2,1-2H3,(H,15,16). The lowest BCUT2D eigenvalue weighted by atomic mass is 9.89. The Balaban J connectivity index is 4.22. The van der Waals surface area contributed by atoms with Gasteiger partial charge in [0, 0.05) is 0 Å². The fourth-order valence-electron chi connectivity index (χ4n) is 1.79. The highest BCUT2D eigenvalue weighted by Gasteiger charge is 2.31. The quantitative estimate of drug-likeness (QED) is 0.733. The van der Waals surface area contributed by atoms with Gasteiger partial charge in [-0.15, -0.1) is 0 Å². The number of halogens is 3. The average Bonchev–Trinajstić information content (AvgIpc) is 2.14. The molecule has 0 saturated heterocycles. The number of carbonyl (C=O) groups excluding carboxylic acids is 1. The van der Waals surface area contributed by atoms with Crippen LogP contribution in [0.5, 0.6) is 0 Å². The van der Waals surface area contributed by atoms with Gasteiger partial charge in [-0.05, 0) is 12.8 Å². The Kier molecular flexibility index (Phi) is 6.52. The molecule has 0 aromatic carbocycles. The van der Waals surface area contributed by atoms with Gasteiger partial charge in [-0.3, -0.25) is 4.79 Å². The summed E-state index contributed by atoms with van der Waals surface area (Å²) in [5.41, 5.74) is -1.18. The first-order valence-corrected chi connectivity index (χ1v) is 5.78. The molecule has 0 aliphatic rings. The largest absolute Gasteiger partial charge is 0.405 e. The number of aliphatic hydroxyl groups is 1. The van der Waals surface area contributed by atoms with E-state index in [1.165, 1.54) is 0 Å². The van der Waals surface area contributed by atoms with E-state index in [-0.39, 0.29) is 6.42 Å². The van der Waals surface area contributed by atoms with Crippen molar-refractivity contribution in [3.05, 3.63) is 0 Å². The van der Waals surface area contributed by atoms with E-state index in [2.05, 4.69) is 0 Å². The monoisotopic (exact) mass is 255 g/mol. The minimum atomic E-state index is -4.41. The Bertz CT molecular complexity index is 235. The molecule has 102 valence electrons. The molecule has 0 fully saturated rings. The van der Waals surface area contributed by atoms with Crippen molar-refractivity contribution in [2.45, 2.75) is 57.7 Å². The van der Waals surface area contributed by atoms with Crippen molar-refractivity contribution < 1.29 is 23.1 Å². The smallest absolute Gasteiger partial charge is 0.389 e. The second-order valence-electron chi connectivity index (χ2n) is 4.29. The molecule has 2 N–H and O–H groups in total. The van der Waals surface area contributed by atoms with Gasteiger partial charge in [0.2, 0.25) is 5.91 Å². The number of rotatable bonds is 7. The number of carbonyl (C=O) groups is 1. The van der Waals surface area contributed by atoms with Crippen LogP contribution in [0.3, 0.4) is 0 Å². The third-order valence-corrected chi connectivity index (χ3v) is 2.41. The summed E-state index contributed by atoms with van der Waals surface area (Å²) in [5, 5.41) is 11.8. The number of alkyl halides is 3. The first kappa shape index (κ1) is 16.2. The van der Waals surface area contributed by atoms with Gasteiger partial charge in [0.05, 0.1) is 12.0 Å². The zero-order valence-electron chi connectivity index (χ0n) is 10.2. The fraction of sp³-hybridized carbons (Fsp3) is 0.909. The predicted molar refractivity (Wildman–Crippen MR) is 58.4 cm³/mol. The molecule has 0 saturated carbocycles. The van der Waals surface area contributed by atoms with Crippen LogP contribution in [0.1, 0.15) is 46.0 Å². The molecule has 0 aliphatic heterocycles. The Hall–Kier alpha value is -0.780. The van der Waals surface area contributed by atoms with Crippen molar-refractivity contribution in [1.29, 1.82) is 0 Å². The zero-order chi connectivity index (χ0) is 13.5.